The van der Waals surface area contributed by atoms with Crippen LogP contribution in [0.1, 0.15) is 26.6 Å². The van der Waals surface area contributed by atoms with Gasteiger partial charge in [-0.15, -0.1) is 0 Å². The van der Waals surface area contributed by atoms with Gasteiger partial charge < -0.3 is 10.1 Å². The third-order valence-corrected chi connectivity index (χ3v) is 5.36. The summed E-state index contributed by atoms with van der Waals surface area (Å²) in [4.78, 5) is 27.7. The molecular formula is C22H20N4O3S. The summed E-state index contributed by atoms with van der Waals surface area (Å²) in [5, 5.41) is 10.8. The molecule has 0 aliphatic carbocycles. The first kappa shape index (κ1) is 19.8. The van der Waals surface area contributed by atoms with E-state index in [0.29, 0.717) is 35.9 Å². The smallest absolute Gasteiger partial charge is 0.322 e. The van der Waals surface area contributed by atoms with Crippen LogP contribution in [0.15, 0.2) is 59.4 Å². The van der Waals surface area contributed by atoms with Gasteiger partial charge in [-0.2, -0.15) is 5.10 Å². The van der Waals surface area contributed by atoms with Gasteiger partial charge in [-0.3, -0.25) is 14.6 Å². The molecule has 0 spiro atoms. The Balaban J connectivity index is 1.34. The van der Waals surface area contributed by atoms with Crippen LogP contribution >= 0.6 is 11.3 Å². The fourth-order valence-electron chi connectivity index (χ4n) is 3.13. The zero-order valence-electron chi connectivity index (χ0n) is 16.3. The number of carbonyl (C=O) groups excluding carboxylic acids is 1. The van der Waals surface area contributed by atoms with E-state index in [1.54, 1.807) is 24.3 Å². The lowest BCUT2D eigenvalue weighted by molar-refractivity contribution is 0.0954. The van der Waals surface area contributed by atoms with Crippen LogP contribution < -0.4 is 14.9 Å². The summed E-state index contributed by atoms with van der Waals surface area (Å²) >= 11 is 1.05. The molecule has 0 atom stereocenters. The van der Waals surface area contributed by atoms with Gasteiger partial charge >= 0.3 is 4.87 Å². The maximum Gasteiger partial charge on any atom is 0.322 e. The molecule has 2 N–H and O–H groups in total. The number of benzene rings is 2. The van der Waals surface area contributed by atoms with Crippen LogP contribution in [0, 0.1) is 6.92 Å². The number of pyridine rings is 1. The molecule has 2 aromatic carbocycles. The molecule has 1 amide bonds. The van der Waals surface area contributed by atoms with E-state index in [1.165, 1.54) is 0 Å². The van der Waals surface area contributed by atoms with E-state index in [0.717, 1.165) is 33.5 Å². The van der Waals surface area contributed by atoms with Gasteiger partial charge in [0.1, 0.15) is 17.4 Å². The summed E-state index contributed by atoms with van der Waals surface area (Å²) in [6, 6.07) is 17.0. The van der Waals surface area contributed by atoms with Crippen molar-refractivity contribution in [3.8, 4) is 5.75 Å². The van der Waals surface area contributed by atoms with E-state index in [4.69, 9.17) is 4.74 Å². The number of aryl methyl sites for hydroxylation is 1. The summed E-state index contributed by atoms with van der Waals surface area (Å²) < 4.78 is 5.93. The number of rotatable bonds is 7. The fourth-order valence-corrected chi connectivity index (χ4v) is 3.73. The Hall–Kier alpha value is -3.52. The first-order valence-electron chi connectivity index (χ1n) is 9.49. The van der Waals surface area contributed by atoms with Gasteiger partial charge in [0, 0.05) is 35.2 Å². The molecule has 0 unspecified atom stereocenters. The number of H-pyrrole nitrogens is 1. The first-order valence-corrected chi connectivity index (χ1v) is 10.3. The predicted octanol–water partition coefficient (Wildman–Crippen LogP) is 3.24. The number of nitrogens with one attached hydrogen (secondary N) is 2. The summed E-state index contributed by atoms with van der Waals surface area (Å²) in [6.07, 6.45) is 0.510. The van der Waals surface area contributed by atoms with Crippen LogP contribution in [0.25, 0.3) is 10.9 Å². The topological polar surface area (TPSA) is 97.0 Å². The normalized spacial score (nSPS) is 10.8. The molecule has 0 saturated carbocycles. The number of aromatic nitrogens is 3. The number of carbonyl (C=O) groups is 1. The highest BCUT2D eigenvalue weighted by Crippen LogP contribution is 2.21. The standard InChI is InChI=1S/C22H20N4O3S/c1-14-12-16(18-4-2-3-5-19(18)24-14)13-29-17-8-6-15(7-9-17)21(27)23-11-10-20-25-26-22(28)30-20/h2-9,12H,10-11,13H2,1H3,(H,23,27)(H,26,28). The lowest BCUT2D eigenvalue weighted by atomic mass is 10.1. The van der Waals surface area contributed by atoms with E-state index < -0.39 is 0 Å². The minimum atomic E-state index is -0.193. The molecule has 4 aromatic rings. The Labute approximate surface area is 176 Å². The summed E-state index contributed by atoms with van der Waals surface area (Å²) in [5.41, 5.74) is 3.51. The molecule has 2 aromatic heterocycles. The van der Waals surface area contributed by atoms with Crippen LogP contribution in [-0.4, -0.2) is 27.6 Å². The Kier molecular flexibility index (Phi) is 5.85. The molecule has 30 heavy (non-hydrogen) atoms. The highest BCUT2D eigenvalue weighted by Gasteiger charge is 2.08. The Bertz CT molecular complexity index is 1230. The second kappa shape index (κ2) is 8.87. The molecule has 0 radical (unpaired) electrons. The average Bonchev–Trinajstić information content (AvgIpc) is 3.17. The monoisotopic (exact) mass is 420 g/mol. The van der Waals surface area contributed by atoms with Gasteiger partial charge in [0.2, 0.25) is 0 Å². The van der Waals surface area contributed by atoms with Crippen molar-refractivity contribution in [2.24, 2.45) is 0 Å². The number of hydrogen-bond acceptors (Lipinski definition) is 6. The molecule has 8 heteroatoms. The van der Waals surface area contributed by atoms with E-state index in [-0.39, 0.29) is 10.8 Å². The van der Waals surface area contributed by atoms with Crippen molar-refractivity contribution in [1.29, 1.82) is 0 Å². The molecule has 0 aliphatic heterocycles. The minimum absolute atomic E-state index is 0.180. The van der Waals surface area contributed by atoms with Crippen molar-refractivity contribution in [3.63, 3.8) is 0 Å². The maximum absolute atomic E-state index is 12.3. The van der Waals surface area contributed by atoms with Crippen molar-refractivity contribution in [2.75, 3.05) is 6.54 Å². The number of para-hydroxylation sites is 1. The molecule has 7 nitrogen and oxygen atoms in total. The van der Waals surface area contributed by atoms with E-state index in [9.17, 15) is 9.59 Å². The second-order valence-corrected chi connectivity index (χ2v) is 7.81. The van der Waals surface area contributed by atoms with Crippen LogP contribution in [0.2, 0.25) is 0 Å². The van der Waals surface area contributed by atoms with E-state index >= 15 is 0 Å². The number of fused-ring (bicyclic) bond motifs is 1. The van der Waals surface area contributed by atoms with E-state index in [1.807, 2.05) is 37.3 Å². The number of ether oxygens (including phenoxy) is 1. The zero-order chi connectivity index (χ0) is 20.9. The Morgan fingerprint density at radius 2 is 1.97 bits per heavy atom. The second-order valence-electron chi connectivity index (χ2n) is 6.77. The molecule has 0 bridgehead atoms. The molecular weight excluding hydrogens is 400 g/mol. The summed E-state index contributed by atoms with van der Waals surface area (Å²) in [5.74, 6) is 0.506. The largest absolute Gasteiger partial charge is 0.489 e. The summed E-state index contributed by atoms with van der Waals surface area (Å²) in [7, 11) is 0. The van der Waals surface area contributed by atoms with Gasteiger partial charge in [-0.05, 0) is 43.3 Å². The summed E-state index contributed by atoms with van der Waals surface area (Å²) in [6.45, 7) is 2.80. The number of amides is 1. The fraction of sp³-hybridized carbons (Fsp3) is 0.182. The number of nitrogens with zero attached hydrogens (tertiary/aromatic N) is 2. The third-order valence-electron chi connectivity index (χ3n) is 4.55. The Morgan fingerprint density at radius 1 is 1.17 bits per heavy atom. The number of hydrogen-bond donors (Lipinski definition) is 2. The average molecular weight is 420 g/mol. The van der Waals surface area contributed by atoms with Gasteiger partial charge in [0.25, 0.3) is 5.91 Å². The third kappa shape index (κ3) is 4.72. The van der Waals surface area contributed by atoms with Gasteiger partial charge in [-0.1, -0.05) is 29.5 Å². The zero-order valence-corrected chi connectivity index (χ0v) is 17.2. The molecule has 4 rings (SSSR count). The van der Waals surface area contributed by atoms with Gasteiger partial charge in [0.15, 0.2) is 0 Å². The van der Waals surface area contributed by atoms with Crippen molar-refractivity contribution in [3.05, 3.63) is 86.1 Å². The van der Waals surface area contributed by atoms with Crippen molar-refractivity contribution < 1.29 is 9.53 Å². The lowest BCUT2D eigenvalue weighted by Crippen LogP contribution is -2.25. The SMILES string of the molecule is Cc1cc(COc2ccc(C(=O)NCCc3n[nH]c(=O)s3)cc2)c2ccccc2n1. The van der Waals surface area contributed by atoms with Crippen molar-refractivity contribution in [2.45, 2.75) is 20.0 Å². The van der Waals surface area contributed by atoms with Crippen molar-refractivity contribution >= 4 is 28.1 Å². The maximum atomic E-state index is 12.3. The van der Waals surface area contributed by atoms with Crippen LogP contribution in [0.3, 0.4) is 0 Å². The van der Waals surface area contributed by atoms with Gasteiger partial charge in [-0.25, -0.2) is 5.10 Å². The predicted molar refractivity (Wildman–Crippen MR) is 116 cm³/mol. The highest BCUT2D eigenvalue weighted by molar-refractivity contribution is 7.08. The number of aromatic amines is 1. The molecule has 0 fully saturated rings. The Morgan fingerprint density at radius 3 is 2.73 bits per heavy atom. The van der Waals surface area contributed by atoms with Crippen LogP contribution in [-0.2, 0) is 13.0 Å². The molecule has 0 saturated heterocycles. The molecule has 2 heterocycles. The van der Waals surface area contributed by atoms with Crippen LogP contribution in [0.5, 0.6) is 5.75 Å². The van der Waals surface area contributed by atoms with Crippen molar-refractivity contribution in [1.82, 2.24) is 20.5 Å². The van der Waals surface area contributed by atoms with Gasteiger partial charge in [0.05, 0.1) is 5.52 Å². The lowest BCUT2D eigenvalue weighted by Gasteiger charge is -2.10. The minimum Gasteiger partial charge on any atom is -0.489 e. The first-order chi connectivity index (χ1) is 14.6. The molecule has 0 aliphatic rings. The molecule has 152 valence electrons. The van der Waals surface area contributed by atoms with Crippen LogP contribution in [0.4, 0.5) is 0 Å². The highest BCUT2D eigenvalue weighted by atomic mass is 32.1. The quantitative estimate of drug-likeness (QED) is 0.478. The van der Waals surface area contributed by atoms with E-state index in [2.05, 4.69) is 20.5 Å².